The number of likely N-dealkylation sites (tertiary alicyclic amines) is 1. The zero-order valence-electron chi connectivity index (χ0n) is 11.5. The van der Waals surface area contributed by atoms with Crippen molar-refractivity contribution in [2.24, 2.45) is 0 Å². The van der Waals surface area contributed by atoms with Gasteiger partial charge in [-0.3, -0.25) is 4.90 Å². The minimum atomic E-state index is -4.09. The maximum Gasteiger partial charge on any atom is 0.401 e. The first-order valence-electron chi connectivity index (χ1n) is 6.92. The van der Waals surface area contributed by atoms with Gasteiger partial charge < -0.3 is 5.32 Å². The van der Waals surface area contributed by atoms with E-state index in [0.29, 0.717) is 13.1 Å². The van der Waals surface area contributed by atoms with Gasteiger partial charge in [-0.2, -0.15) is 13.2 Å². The number of thiazole rings is 1. The van der Waals surface area contributed by atoms with Crippen LogP contribution in [0.5, 0.6) is 0 Å². The molecule has 1 aliphatic rings. The number of piperidine rings is 1. The Hall–Kier alpha value is -0.660. The van der Waals surface area contributed by atoms with Gasteiger partial charge in [-0.1, -0.05) is 6.92 Å². The van der Waals surface area contributed by atoms with Gasteiger partial charge in [0.25, 0.3) is 0 Å². The predicted octanol–water partition coefficient (Wildman–Crippen LogP) is 3.21. The average molecular weight is 307 g/mol. The van der Waals surface area contributed by atoms with Crippen molar-refractivity contribution >= 4 is 11.3 Å². The predicted molar refractivity (Wildman–Crippen MR) is 73.8 cm³/mol. The fraction of sp³-hybridized carbons (Fsp3) is 0.769. The molecule has 1 fully saturated rings. The largest absolute Gasteiger partial charge is 0.401 e. The standard InChI is InChI=1S/C13H20F3N3S/c1-2-11(12-17-5-8-20-12)18-10-3-6-19(7-4-10)9-13(14,15)16/h5,8,10-11,18H,2-4,6-7,9H2,1H3. The van der Waals surface area contributed by atoms with Gasteiger partial charge in [-0.25, -0.2) is 4.98 Å². The maximum absolute atomic E-state index is 12.3. The smallest absolute Gasteiger partial charge is 0.305 e. The van der Waals surface area contributed by atoms with E-state index in [2.05, 4.69) is 17.2 Å². The maximum atomic E-state index is 12.3. The van der Waals surface area contributed by atoms with E-state index in [-0.39, 0.29) is 12.1 Å². The first-order chi connectivity index (χ1) is 9.48. The Morgan fingerprint density at radius 3 is 2.65 bits per heavy atom. The highest BCUT2D eigenvalue weighted by atomic mass is 32.1. The molecule has 1 aromatic rings. The molecule has 1 aliphatic heterocycles. The van der Waals surface area contributed by atoms with E-state index >= 15 is 0 Å². The van der Waals surface area contributed by atoms with Crippen LogP contribution in [0.1, 0.15) is 37.2 Å². The summed E-state index contributed by atoms with van der Waals surface area (Å²) in [5, 5.41) is 6.54. The number of hydrogen-bond acceptors (Lipinski definition) is 4. The van der Waals surface area contributed by atoms with Crippen molar-refractivity contribution in [2.75, 3.05) is 19.6 Å². The number of halogens is 3. The van der Waals surface area contributed by atoms with Crippen LogP contribution < -0.4 is 5.32 Å². The lowest BCUT2D eigenvalue weighted by Crippen LogP contribution is -2.46. The zero-order valence-corrected chi connectivity index (χ0v) is 12.3. The van der Waals surface area contributed by atoms with Crippen LogP contribution in [0.25, 0.3) is 0 Å². The molecule has 2 heterocycles. The van der Waals surface area contributed by atoms with Crippen LogP contribution in [0.15, 0.2) is 11.6 Å². The van der Waals surface area contributed by atoms with Gasteiger partial charge in [0.15, 0.2) is 0 Å². The lowest BCUT2D eigenvalue weighted by molar-refractivity contribution is -0.148. The Labute approximate surface area is 121 Å². The molecule has 0 bridgehead atoms. The molecule has 1 unspecified atom stereocenters. The minimum absolute atomic E-state index is 0.217. The molecule has 0 aliphatic carbocycles. The van der Waals surface area contributed by atoms with Crippen molar-refractivity contribution in [3.63, 3.8) is 0 Å². The molecule has 0 saturated carbocycles. The molecule has 0 spiro atoms. The summed E-state index contributed by atoms with van der Waals surface area (Å²) in [4.78, 5) is 5.80. The highest BCUT2D eigenvalue weighted by Crippen LogP contribution is 2.23. The Bertz CT molecular complexity index is 386. The van der Waals surface area contributed by atoms with Crippen molar-refractivity contribution in [3.05, 3.63) is 16.6 Å². The number of hydrogen-bond donors (Lipinski definition) is 1. The normalized spacial score (nSPS) is 20.2. The molecule has 114 valence electrons. The molecule has 0 aromatic carbocycles. The van der Waals surface area contributed by atoms with E-state index in [4.69, 9.17) is 0 Å². The third kappa shape index (κ3) is 4.71. The van der Waals surface area contributed by atoms with Crippen molar-refractivity contribution in [1.29, 1.82) is 0 Å². The highest BCUT2D eigenvalue weighted by Gasteiger charge is 2.32. The van der Waals surface area contributed by atoms with E-state index in [1.54, 1.807) is 17.5 Å². The molecule has 1 atom stereocenters. The summed E-state index contributed by atoms with van der Waals surface area (Å²) in [5.41, 5.74) is 0. The summed E-state index contributed by atoms with van der Waals surface area (Å²) < 4.78 is 37.0. The summed E-state index contributed by atoms with van der Waals surface area (Å²) in [6.07, 6.45) is 0.162. The number of rotatable bonds is 5. The van der Waals surface area contributed by atoms with Crippen LogP contribution in [-0.4, -0.2) is 41.7 Å². The molecule has 3 nitrogen and oxygen atoms in total. The first-order valence-corrected chi connectivity index (χ1v) is 7.80. The molecule has 20 heavy (non-hydrogen) atoms. The molecular weight excluding hydrogens is 287 g/mol. The summed E-state index contributed by atoms with van der Waals surface area (Å²) in [7, 11) is 0. The first kappa shape index (κ1) is 15.7. The van der Waals surface area contributed by atoms with Crippen LogP contribution in [0.4, 0.5) is 13.2 Å². The van der Waals surface area contributed by atoms with Gasteiger partial charge in [0.1, 0.15) is 5.01 Å². The van der Waals surface area contributed by atoms with Gasteiger partial charge in [0.05, 0.1) is 12.6 Å². The van der Waals surface area contributed by atoms with Crippen LogP contribution in [-0.2, 0) is 0 Å². The van der Waals surface area contributed by atoms with Gasteiger partial charge >= 0.3 is 6.18 Å². The number of nitrogens with one attached hydrogen (secondary N) is 1. The lowest BCUT2D eigenvalue weighted by Gasteiger charge is -2.34. The van der Waals surface area contributed by atoms with Gasteiger partial charge in [0, 0.05) is 17.6 Å². The van der Waals surface area contributed by atoms with Crippen molar-refractivity contribution in [1.82, 2.24) is 15.2 Å². The second kappa shape index (κ2) is 6.87. The van der Waals surface area contributed by atoms with Crippen molar-refractivity contribution in [2.45, 2.75) is 44.4 Å². The Morgan fingerprint density at radius 2 is 2.15 bits per heavy atom. The molecule has 2 rings (SSSR count). The average Bonchev–Trinajstić information content (AvgIpc) is 2.90. The monoisotopic (exact) mass is 307 g/mol. The number of nitrogens with zero attached hydrogens (tertiary/aromatic N) is 2. The van der Waals surface area contributed by atoms with Crippen LogP contribution in [0.2, 0.25) is 0 Å². The molecule has 1 saturated heterocycles. The highest BCUT2D eigenvalue weighted by molar-refractivity contribution is 7.09. The molecular formula is C13H20F3N3S. The molecule has 7 heteroatoms. The summed E-state index contributed by atoms with van der Waals surface area (Å²) in [6.45, 7) is 2.32. The Morgan fingerprint density at radius 1 is 1.45 bits per heavy atom. The van der Waals surface area contributed by atoms with Gasteiger partial charge in [-0.05, 0) is 32.4 Å². The van der Waals surface area contributed by atoms with Crippen LogP contribution >= 0.6 is 11.3 Å². The van der Waals surface area contributed by atoms with Gasteiger partial charge in [-0.15, -0.1) is 11.3 Å². The van der Waals surface area contributed by atoms with Crippen LogP contribution in [0.3, 0.4) is 0 Å². The van der Waals surface area contributed by atoms with E-state index in [9.17, 15) is 13.2 Å². The third-order valence-electron chi connectivity index (χ3n) is 3.59. The minimum Gasteiger partial charge on any atom is -0.305 e. The van der Waals surface area contributed by atoms with Crippen molar-refractivity contribution in [3.8, 4) is 0 Å². The quantitative estimate of drug-likeness (QED) is 0.905. The summed E-state index contributed by atoms with van der Waals surface area (Å²) >= 11 is 1.62. The number of aromatic nitrogens is 1. The SMILES string of the molecule is CCC(NC1CCN(CC(F)(F)F)CC1)c1nccs1. The molecule has 1 N–H and O–H groups in total. The van der Waals surface area contributed by atoms with E-state index in [1.165, 1.54) is 4.90 Å². The fourth-order valence-corrected chi connectivity index (χ4v) is 3.35. The van der Waals surface area contributed by atoms with Gasteiger partial charge in [0.2, 0.25) is 0 Å². The summed E-state index contributed by atoms with van der Waals surface area (Å²) in [6, 6.07) is 0.502. The fourth-order valence-electron chi connectivity index (χ4n) is 2.57. The van der Waals surface area contributed by atoms with Crippen LogP contribution in [0, 0.1) is 0 Å². The lowest BCUT2D eigenvalue weighted by atomic mass is 10.0. The molecule has 0 radical (unpaired) electrons. The molecule has 1 aromatic heterocycles. The van der Waals surface area contributed by atoms with E-state index in [0.717, 1.165) is 24.3 Å². The molecule has 0 amide bonds. The third-order valence-corrected chi connectivity index (χ3v) is 4.47. The van der Waals surface area contributed by atoms with E-state index in [1.807, 2.05) is 5.38 Å². The topological polar surface area (TPSA) is 28.2 Å². The Kier molecular flexibility index (Phi) is 5.40. The number of alkyl halides is 3. The summed E-state index contributed by atoms with van der Waals surface area (Å²) in [5.74, 6) is 0. The second-order valence-electron chi connectivity index (χ2n) is 5.16. The van der Waals surface area contributed by atoms with Crippen molar-refractivity contribution < 1.29 is 13.2 Å². The van der Waals surface area contributed by atoms with E-state index < -0.39 is 12.7 Å². The zero-order chi connectivity index (χ0) is 14.6. The Balaban J connectivity index is 1.79. The second-order valence-corrected chi connectivity index (χ2v) is 6.09.